The number of carbonyl (C=O) groups excluding carboxylic acids is 1. The van der Waals surface area contributed by atoms with E-state index < -0.39 is 0 Å². The molecule has 82 valence electrons. The molecule has 1 aliphatic rings. The second kappa shape index (κ2) is 3.89. The molecule has 0 fully saturated rings. The normalized spacial score (nSPS) is 14.4. The monoisotopic (exact) mass is 222 g/mol. The van der Waals surface area contributed by atoms with E-state index in [1.54, 1.807) is 11.1 Å². The molecule has 0 spiro atoms. The number of anilines is 1. The van der Waals surface area contributed by atoms with Crippen LogP contribution in [0, 0.1) is 0 Å². The summed E-state index contributed by atoms with van der Waals surface area (Å²) in [7, 11) is 0. The van der Waals surface area contributed by atoms with Gasteiger partial charge in [0.05, 0.1) is 0 Å². The van der Waals surface area contributed by atoms with Crippen LogP contribution in [0.5, 0.6) is 0 Å². The molecule has 0 atom stereocenters. The van der Waals surface area contributed by atoms with Crippen molar-refractivity contribution >= 4 is 22.5 Å². The van der Waals surface area contributed by atoms with Crippen LogP contribution in [0.1, 0.15) is 6.42 Å². The molecular formula is C14H10N2O. The summed E-state index contributed by atoms with van der Waals surface area (Å²) in [5, 5.41) is 2.15. The second-order valence-electron chi connectivity index (χ2n) is 3.86. The van der Waals surface area contributed by atoms with Crippen molar-refractivity contribution in [3.63, 3.8) is 0 Å². The molecule has 2 heterocycles. The Labute approximate surface area is 98.7 Å². The maximum Gasteiger partial charge on any atom is 0.146 e. The van der Waals surface area contributed by atoms with Gasteiger partial charge in [0.2, 0.25) is 0 Å². The van der Waals surface area contributed by atoms with Gasteiger partial charge in [-0.1, -0.05) is 30.3 Å². The van der Waals surface area contributed by atoms with Crippen LogP contribution in [0.2, 0.25) is 0 Å². The standard InChI is InChI=1S/C14H10N2O/c17-10-12-5-3-9-16(12)14-13-6-2-1-4-11(13)7-8-15-14/h1-4,6-9H,5H2. The molecule has 3 rings (SSSR count). The fraction of sp³-hybridized carbons (Fsp3) is 0.0714. The minimum Gasteiger partial charge on any atom is -0.295 e. The van der Waals surface area contributed by atoms with Crippen molar-refractivity contribution in [2.24, 2.45) is 0 Å². The minimum absolute atomic E-state index is 0.605. The predicted octanol–water partition coefficient (Wildman–Crippen LogP) is 2.67. The average molecular weight is 222 g/mol. The van der Waals surface area contributed by atoms with Crippen LogP contribution in [0.25, 0.3) is 10.8 Å². The van der Waals surface area contributed by atoms with E-state index in [4.69, 9.17) is 0 Å². The number of rotatable bonds is 1. The van der Waals surface area contributed by atoms with Gasteiger partial charge >= 0.3 is 0 Å². The Morgan fingerprint density at radius 1 is 1.24 bits per heavy atom. The second-order valence-corrected chi connectivity index (χ2v) is 3.86. The summed E-state index contributed by atoms with van der Waals surface area (Å²) in [6.45, 7) is 0. The van der Waals surface area contributed by atoms with Crippen molar-refractivity contribution in [2.45, 2.75) is 6.42 Å². The lowest BCUT2D eigenvalue weighted by Crippen LogP contribution is -2.13. The van der Waals surface area contributed by atoms with Gasteiger partial charge in [-0.2, -0.15) is 0 Å². The molecule has 0 saturated heterocycles. The molecule has 0 bridgehead atoms. The summed E-state index contributed by atoms with van der Waals surface area (Å²) in [4.78, 5) is 17.0. The van der Waals surface area contributed by atoms with E-state index >= 15 is 0 Å². The van der Waals surface area contributed by atoms with E-state index in [0.29, 0.717) is 12.1 Å². The lowest BCUT2D eigenvalue weighted by molar-refractivity contribution is 0.566. The summed E-state index contributed by atoms with van der Waals surface area (Å²) in [5.41, 5.74) is 0.605. The number of fused-ring (bicyclic) bond motifs is 1. The first kappa shape index (κ1) is 9.82. The molecule has 1 aromatic heterocycles. The maximum atomic E-state index is 10.9. The van der Waals surface area contributed by atoms with Crippen LogP contribution in [0.3, 0.4) is 0 Å². The largest absolute Gasteiger partial charge is 0.295 e. The zero-order valence-corrected chi connectivity index (χ0v) is 9.13. The van der Waals surface area contributed by atoms with Gasteiger partial charge in [-0.25, -0.2) is 9.78 Å². The topological polar surface area (TPSA) is 33.2 Å². The van der Waals surface area contributed by atoms with Gasteiger partial charge in [-0.3, -0.25) is 4.90 Å². The first-order valence-corrected chi connectivity index (χ1v) is 5.44. The number of hydrogen-bond acceptors (Lipinski definition) is 3. The number of pyridine rings is 1. The van der Waals surface area contributed by atoms with E-state index in [1.807, 2.05) is 48.5 Å². The molecule has 0 amide bonds. The molecule has 0 radical (unpaired) electrons. The third kappa shape index (κ3) is 1.53. The van der Waals surface area contributed by atoms with E-state index in [-0.39, 0.29) is 0 Å². The molecule has 1 aromatic carbocycles. The minimum atomic E-state index is 0.605. The fourth-order valence-electron chi connectivity index (χ4n) is 2.04. The van der Waals surface area contributed by atoms with E-state index in [0.717, 1.165) is 16.6 Å². The lowest BCUT2D eigenvalue weighted by atomic mass is 10.1. The molecule has 2 aromatic rings. The van der Waals surface area contributed by atoms with Crippen molar-refractivity contribution < 1.29 is 4.79 Å². The lowest BCUT2D eigenvalue weighted by Gasteiger charge is -2.16. The van der Waals surface area contributed by atoms with Crippen LogP contribution < -0.4 is 4.90 Å². The number of nitrogens with zero attached hydrogens (tertiary/aromatic N) is 2. The van der Waals surface area contributed by atoms with Gasteiger partial charge < -0.3 is 0 Å². The van der Waals surface area contributed by atoms with Gasteiger partial charge in [0.15, 0.2) is 0 Å². The SMILES string of the molecule is O=C=C1CC=CN1c1nccc2ccccc12. The van der Waals surface area contributed by atoms with Gasteiger partial charge in [0, 0.05) is 24.2 Å². The van der Waals surface area contributed by atoms with Crippen molar-refractivity contribution in [3.8, 4) is 0 Å². The van der Waals surface area contributed by atoms with E-state index in [2.05, 4.69) is 4.98 Å². The van der Waals surface area contributed by atoms with E-state index in [9.17, 15) is 4.79 Å². The molecule has 3 heteroatoms. The molecule has 17 heavy (non-hydrogen) atoms. The first-order valence-electron chi connectivity index (χ1n) is 5.44. The van der Waals surface area contributed by atoms with Crippen LogP contribution in [-0.2, 0) is 4.79 Å². The quantitative estimate of drug-likeness (QED) is 0.695. The zero-order chi connectivity index (χ0) is 11.7. The number of allylic oxidation sites excluding steroid dienone is 1. The number of benzene rings is 1. The summed E-state index contributed by atoms with van der Waals surface area (Å²) in [6, 6.07) is 9.96. The third-order valence-electron chi connectivity index (χ3n) is 2.86. The van der Waals surface area contributed by atoms with Crippen LogP contribution in [-0.4, -0.2) is 10.9 Å². The van der Waals surface area contributed by atoms with Crippen molar-refractivity contribution in [2.75, 3.05) is 4.90 Å². The van der Waals surface area contributed by atoms with Crippen molar-refractivity contribution in [1.29, 1.82) is 0 Å². The highest BCUT2D eigenvalue weighted by molar-refractivity contribution is 5.94. The number of aromatic nitrogens is 1. The first-order chi connectivity index (χ1) is 8.40. The molecule has 0 aliphatic carbocycles. The van der Waals surface area contributed by atoms with Crippen LogP contribution in [0.4, 0.5) is 5.82 Å². The van der Waals surface area contributed by atoms with Gasteiger partial charge in [0.1, 0.15) is 17.5 Å². The Morgan fingerprint density at radius 3 is 3.00 bits per heavy atom. The molecule has 1 aliphatic heterocycles. The third-order valence-corrected chi connectivity index (χ3v) is 2.86. The number of hydrogen-bond donors (Lipinski definition) is 0. The van der Waals surface area contributed by atoms with Crippen LogP contribution >= 0.6 is 0 Å². The van der Waals surface area contributed by atoms with E-state index in [1.165, 1.54) is 0 Å². The Bertz CT molecular complexity index is 649. The van der Waals surface area contributed by atoms with Gasteiger partial charge in [-0.05, 0) is 11.5 Å². The predicted molar refractivity (Wildman–Crippen MR) is 67.2 cm³/mol. The zero-order valence-electron chi connectivity index (χ0n) is 9.13. The summed E-state index contributed by atoms with van der Waals surface area (Å²) in [5.74, 6) is 2.75. The molecule has 0 unspecified atom stereocenters. The Balaban J connectivity index is 2.24. The fourth-order valence-corrected chi connectivity index (χ4v) is 2.04. The summed E-state index contributed by atoms with van der Waals surface area (Å²) in [6.07, 6.45) is 6.18. The molecular weight excluding hydrogens is 212 g/mol. The molecule has 3 nitrogen and oxygen atoms in total. The van der Waals surface area contributed by atoms with Crippen LogP contribution in [0.15, 0.2) is 54.5 Å². The summed E-state index contributed by atoms with van der Waals surface area (Å²) >= 11 is 0. The Hall–Kier alpha value is -2.38. The Morgan fingerprint density at radius 2 is 2.12 bits per heavy atom. The highest BCUT2D eigenvalue weighted by Crippen LogP contribution is 2.29. The smallest absolute Gasteiger partial charge is 0.146 e. The molecule has 0 saturated carbocycles. The van der Waals surface area contributed by atoms with Crippen molar-refractivity contribution in [1.82, 2.24) is 4.98 Å². The van der Waals surface area contributed by atoms with Gasteiger partial charge in [0.25, 0.3) is 0 Å². The van der Waals surface area contributed by atoms with Gasteiger partial charge in [-0.15, -0.1) is 0 Å². The highest BCUT2D eigenvalue weighted by Gasteiger charge is 2.17. The summed E-state index contributed by atoms with van der Waals surface area (Å²) < 4.78 is 0. The average Bonchev–Trinajstić information content (AvgIpc) is 2.86. The Kier molecular flexibility index (Phi) is 2.25. The highest BCUT2D eigenvalue weighted by atomic mass is 16.1. The van der Waals surface area contributed by atoms with Crippen molar-refractivity contribution in [3.05, 3.63) is 54.5 Å². The maximum absolute atomic E-state index is 10.9. The molecule has 0 N–H and O–H groups in total.